The monoisotopic (exact) mass is 250 g/mol. The van der Waals surface area contributed by atoms with Gasteiger partial charge >= 0.3 is 5.97 Å². The van der Waals surface area contributed by atoms with Gasteiger partial charge in [0.2, 0.25) is 5.88 Å². The quantitative estimate of drug-likeness (QED) is 0.827. The predicted molar refractivity (Wildman–Crippen MR) is 67.4 cm³/mol. The molecule has 2 N–H and O–H groups in total. The average molecular weight is 250 g/mol. The summed E-state index contributed by atoms with van der Waals surface area (Å²) in [4.78, 5) is 15.5. The third-order valence-electron chi connectivity index (χ3n) is 3.29. The van der Waals surface area contributed by atoms with E-state index in [9.17, 15) is 4.79 Å². The fourth-order valence-electron chi connectivity index (χ4n) is 2.23. The smallest absolute Gasteiger partial charge is 0.340 e. The highest BCUT2D eigenvalue weighted by molar-refractivity contribution is 5.95. The van der Waals surface area contributed by atoms with Gasteiger partial charge in [-0.15, -0.1) is 0 Å². The van der Waals surface area contributed by atoms with Gasteiger partial charge in [-0.1, -0.05) is 12.8 Å². The molecule has 1 heterocycles. The standard InChI is InChI=1S/C13H18N2O3/c1-17-13(16)10-6-7-15-12(11(10)14)18-8-9-4-2-3-5-9/h6-7,9H,2-5,8,14H2,1H3. The molecule has 98 valence electrons. The Morgan fingerprint density at radius 1 is 1.50 bits per heavy atom. The number of carbonyl (C=O) groups excluding carboxylic acids is 1. The van der Waals surface area contributed by atoms with E-state index in [4.69, 9.17) is 10.5 Å². The van der Waals surface area contributed by atoms with E-state index in [-0.39, 0.29) is 5.69 Å². The molecule has 1 saturated carbocycles. The molecule has 1 aliphatic carbocycles. The summed E-state index contributed by atoms with van der Waals surface area (Å²) < 4.78 is 10.3. The molecule has 1 fully saturated rings. The van der Waals surface area contributed by atoms with Crippen molar-refractivity contribution in [2.75, 3.05) is 19.5 Å². The number of anilines is 1. The molecular weight excluding hydrogens is 232 g/mol. The highest BCUT2D eigenvalue weighted by Gasteiger charge is 2.18. The molecule has 0 saturated heterocycles. The second-order valence-electron chi connectivity index (χ2n) is 4.53. The summed E-state index contributed by atoms with van der Waals surface area (Å²) in [5.41, 5.74) is 6.41. The Bertz CT molecular complexity index is 428. The summed E-state index contributed by atoms with van der Waals surface area (Å²) in [6.07, 6.45) is 6.41. The van der Waals surface area contributed by atoms with Gasteiger partial charge in [0.25, 0.3) is 0 Å². The Hall–Kier alpha value is -1.78. The zero-order valence-electron chi connectivity index (χ0n) is 10.5. The van der Waals surface area contributed by atoms with E-state index in [0.29, 0.717) is 24.0 Å². The summed E-state index contributed by atoms with van der Waals surface area (Å²) in [6, 6.07) is 1.53. The molecular formula is C13H18N2O3. The lowest BCUT2D eigenvalue weighted by molar-refractivity contribution is 0.0601. The highest BCUT2D eigenvalue weighted by atomic mass is 16.5. The van der Waals surface area contributed by atoms with Crippen LogP contribution in [0.3, 0.4) is 0 Å². The van der Waals surface area contributed by atoms with Crippen molar-refractivity contribution < 1.29 is 14.3 Å². The summed E-state index contributed by atoms with van der Waals surface area (Å²) in [6.45, 7) is 0.613. The minimum atomic E-state index is -0.472. The maximum Gasteiger partial charge on any atom is 0.340 e. The fourth-order valence-corrected chi connectivity index (χ4v) is 2.23. The van der Waals surface area contributed by atoms with E-state index in [1.807, 2.05) is 0 Å². The van der Waals surface area contributed by atoms with Gasteiger partial charge in [-0.2, -0.15) is 0 Å². The maximum absolute atomic E-state index is 11.5. The third kappa shape index (κ3) is 2.72. The van der Waals surface area contributed by atoms with Crippen molar-refractivity contribution in [2.24, 2.45) is 5.92 Å². The molecule has 1 aromatic rings. The van der Waals surface area contributed by atoms with Gasteiger partial charge in [-0.3, -0.25) is 0 Å². The first-order valence-electron chi connectivity index (χ1n) is 6.18. The van der Waals surface area contributed by atoms with Crippen LogP contribution in [0.5, 0.6) is 5.88 Å². The summed E-state index contributed by atoms with van der Waals surface area (Å²) in [5, 5.41) is 0. The topological polar surface area (TPSA) is 74.4 Å². The van der Waals surface area contributed by atoms with Crippen LogP contribution in [-0.4, -0.2) is 24.7 Å². The number of nitrogen functional groups attached to an aromatic ring is 1. The highest BCUT2D eigenvalue weighted by Crippen LogP contribution is 2.27. The number of nitrogens with zero attached hydrogens (tertiary/aromatic N) is 1. The van der Waals surface area contributed by atoms with Crippen LogP contribution in [0.2, 0.25) is 0 Å². The molecule has 0 bridgehead atoms. The summed E-state index contributed by atoms with van der Waals surface area (Å²) in [5.74, 6) is 0.429. The van der Waals surface area contributed by atoms with Crippen LogP contribution in [-0.2, 0) is 4.74 Å². The molecule has 0 radical (unpaired) electrons. The van der Waals surface area contributed by atoms with Crippen molar-refractivity contribution in [3.05, 3.63) is 17.8 Å². The zero-order chi connectivity index (χ0) is 13.0. The molecule has 0 atom stereocenters. The summed E-state index contributed by atoms with van der Waals surface area (Å²) in [7, 11) is 1.32. The normalized spacial score (nSPS) is 15.6. The molecule has 1 aliphatic rings. The van der Waals surface area contributed by atoms with Crippen molar-refractivity contribution in [2.45, 2.75) is 25.7 Å². The number of nitrogens with two attached hydrogens (primary N) is 1. The SMILES string of the molecule is COC(=O)c1ccnc(OCC2CCCC2)c1N. The fraction of sp³-hybridized carbons (Fsp3) is 0.538. The number of methoxy groups -OCH3 is 1. The van der Waals surface area contributed by atoms with Gasteiger partial charge < -0.3 is 15.2 Å². The molecule has 0 spiro atoms. The average Bonchev–Trinajstić information content (AvgIpc) is 2.90. The Morgan fingerprint density at radius 2 is 2.22 bits per heavy atom. The summed E-state index contributed by atoms with van der Waals surface area (Å²) >= 11 is 0. The number of pyridine rings is 1. The van der Waals surface area contributed by atoms with Gasteiger partial charge in [-0.05, 0) is 24.8 Å². The number of esters is 1. The molecule has 0 aromatic carbocycles. The minimum Gasteiger partial charge on any atom is -0.476 e. The molecule has 1 aromatic heterocycles. The van der Waals surface area contributed by atoms with Crippen molar-refractivity contribution in [3.63, 3.8) is 0 Å². The van der Waals surface area contributed by atoms with Gasteiger partial charge in [0.15, 0.2) is 0 Å². The molecule has 18 heavy (non-hydrogen) atoms. The van der Waals surface area contributed by atoms with E-state index in [2.05, 4.69) is 9.72 Å². The first-order valence-corrected chi connectivity index (χ1v) is 6.18. The minimum absolute atomic E-state index is 0.252. The van der Waals surface area contributed by atoms with E-state index in [1.54, 1.807) is 0 Å². The number of rotatable bonds is 4. The van der Waals surface area contributed by atoms with Crippen LogP contribution in [0.15, 0.2) is 12.3 Å². The van der Waals surface area contributed by atoms with Gasteiger partial charge in [0, 0.05) is 6.20 Å². The third-order valence-corrected chi connectivity index (χ3v) is 3.29. The molecule has 2 rings (SSSR count). The molecule has 0 aliphatic heterocycles. The largest absolute Gasteiger partial charge is 0.476 e. The van der Waals surface area contributed by atoms with Crippen LogP contribution in [0.4, 0.5) is 5.69 Å². The molecule has 0 amide bonds. The van der Waals surface area contributed by atoms with Crippen LogP contribution >= 0.6 is 0 Å². The lowest BCUT2D eigenvalue weighted by Gasteiger charge is -2.13. The second kappa shape index (κ2) is 5.71. The Kier molecular flexibility index (Phi) is 4.02. The Morgan fingerprint density at radius 3 is 2.89 bits per heavy atom. The first kappa shape index (κ1) is 12.7. The first-order chi connectivity index (χ1) is 8.72. The zero-order valence-corrected chi connectivity index (χ0v) is 10.5. The number of carbonyl (C=O) groups is 1. The van der Waals surface area contributed by atoms with Crippen molar-refractivity contribution in [1.82, 2.24) is 4.98 Å². The molecule has 5 nitrogen and oxygen atoms in total. The van der Waals surface area contributed by atoms with E-state index >= 15 is 0 Å². The number of aromatic nitrogens is 1. The van der Waals surface area contributed by atoms with E-state index < -0.39 is 5.97 Å². The van der Waals surface area contributed by atoms with Gasteiger partial charge in [0.05, 0.1) is 19.3 Å². The van der Waals surface area contributed by atoms with Crippen LogP contribution in [0.25, 0.3) is 0 Å². The predicted octanol–water partition coefficient (Wildman–Crippen LogP) is 2.02. The Labute approximate surface area is 106 Å². The van der Waals surface area contributed by atoms with E-state index in [0.717, 1.165) is 0 Å². The van der Waals surface area contributed by atoms with Gasteiger partial charge in [-0.25, -0.2) is 9.78 Å². The molecule has 0 unspecified atom stereocenters. The Balaban J connectivity index is 2.05. The molecule has 5 heteroatoms. The van der Waals surface area contributed by atoms with Gasteiger partial charge in [0.1, 0.15) is 5.69 Å². The van der Waals surface area contributed by atoms with Crippen LogP contribution < -0.4 is 10.5 Å². The maximum atomic E-state index is 11.5. The number of ether oxygens (including phenoxy) is 2. The number of hydrogen-bond acceptors (Lipinski definition) is 5. The second-order valence-corrected chi connectivity index (χ2v) is 4.53. The number of hydrogen-bond donors (Lipinski definition) is 1. The van der Waals surface area contributed by atoms with E-state index in [1.165, 1.54) is 45.1 Å². The lowest BCUT2D eigenvalue weighted by atomic mass is 10.1. The van der Waals surface area contributed by atoms with Crippen molar-refractivity contribution in [1.29, 1.82) is 0 Å². The van der Waals surface area contributed by atoms with Crippen LogP contribution in [0.1, 0.15) is 36.0 Å². The van der Waals surface area contributed by atoms with Crippen molar-refractivity contribution >= 4 is 11.7 Å². The van der Waals surface area contributed by atoms with Crippen LogP contribution in [0, 0.1) is 5.92 Å². The lowest BCUT2D eigenvalue weighted by Crippen LogP contribution is -2.12. The van der Waals surface area contributed by atoms with Crippen molar-refractivity contribution in [3.8, 4) is 5.88 Å².